The lowest BCUT2D eigenvalue weighted by atomic mass is 9.94. The quantitative estimate of drug-likeness (QED) is 0.857. The lowest BCUT2D eigenvalue weighted by Crippen LogP contribution is -2.24. The van der Waals surface area contributed by atoms with Gasteiger partial charge in [-0.05, 0) is 36.7 Å². The number of alkyl halides is 3. The van der Waals surface area contributed by atoms with Gasteiger partial charge in [0.05, 0.1) is 11.7 Å². The molecule has 0 radical (unpaired) electrons. The normalized spacial score (nSPS) is 23.2. The molecule has 112 valence electrons. The number of hydrogen-bond donors (Lipinski definition) is 1. The fourth-order valence-corrected chi connectivity index (χ4v) is 2.48. The molecule has 0 amide bonds. The van der Waals surface area contributed by atoms with Gasteiger partial charge in [0.25, 0.3) is 0 Å². The molecule has 1 aliphatic rings. The van der Waals surface area contributed by atoms with Crippen LogP contribution in [0, 0.1) is 11.7 Å². The standard InChI is InChI=1S/C14H17F4NO/c1-2-19-8-9-3-4-20-13(9)10-5-11(14(16,17)18)7-12(15)6-10/h5-7,9,13,19H,2-4,8H2,1H3. The largest absolute Gasteiger partial charge is 0.416 e. The first-order valence-corrected chi connectivity index (χ1v) is 6.62. The van der Waals surface area contributed by atoms with E-state index in [1.807, 2.05) is 6.92 Å². The van der Waals surface area contributed by atoms with Crippen molar-refractivity contribution < 1.29 is 22.3 Å². The van der Waals surface area contributed by atoms with Crippen molar-refractivity contribution in [2.75, 3.05) is 19.7 Å². The molecule has 1 heterocycles. The van der Waals surface area contributed by atoms with Gasteiger partial charge < -0.3 is 10.1 Å². The molecule has 0 bridgehead atoms. The van der Waals surface area contributed by atoms with Crippen molar-refractivity contribution in [2.45, 2.75) is 25.6 Å². The van der Waals surface area contributed by atoms with Gasteiger partial charge in [0.1, 0.15) is 5.82 Å². The lowest BCUT2D eigenvalue weighted by Gasteiger charge is -2.20. The van der Waals surface area contributed by atoms with Crippen molar-refractivity contribution in [3.63, 3.8) is 0 Å². The van der Waals surface area contributed by atoms with E-state index < -0.39 is 23.7 Å². The van der Waals surface area contributed by atoms with Crippen molar-refractivity contribution in [2.24, 2.45) is 5.92 Å². The Balaban J connectivity index is 2.25. The zero-order chi connectivity index (χ0) is 14.8. The van der Waals surface area contributed by atoms with Gasteiger partial charge in [-0.2, -0.15) is 13.2 Å². The molecule has 0 aliphatic carbocycles. The van der Waals surface area contributed by atoms with Crippen molar-refractivity contribution >= 4 is 0 Å². The summed E-state index contributed by atoms with van der Waals surface area (Å²) in [5.41, 5.74) is -0.706. The minimum atomic E-state index is -4.55. The van der Waals surface area contributed by atoms with E-state index >= 15 is 0 Å². The second-order valence-electron chi connectivity index (χ2n) is 4.92. The van der Waals surface area contributed by atoms with Crippen LogP contribution < -0.4 is 5.32 Å². The Kier molecular flexibility index (Phi) is 4.65. The average Bonchev–Trinajstić information content (AvgIpc) is 2.82. The minimum Gasteiger partial charge on any atom is -0.373 e. The number of ether oxygens (including phenoxy) is 1. The fraction of sp³-hybridized carbons (Fsp3) is 0.571. The molecule has 2 unspecified atom stereocenters. The van der Waals surface area contributed by atoms with Gasteiger partial charge in [-0.15, -0.1) is 0 Å². The van der Waals surface area contributed by atoms with Gasteiger partial charge in [-0.25, -0.2) is 4.39 Å². The topological polar surface area (TPSA) is 21.3 Å². The van der Waals surface area contributed by atoms with Crippen LogP contribution >= 0.6 is 0 Å². The molecular formula is C14H17F4NO. The van der Waals surface area contributed by atoms with Crippen LogP contribution in [0.2, 0.25) is 0 Å². The number of nitrogens with one attached hydrogen (secondary N) is 1. The summed E-state index contributed by atoms with van der Waals surface area (Å²) in [6.07, 6.45) is -4.27. The van der Waals surface area contributed by atoms with Gasteiger partial charge >= 0.3 is 6.18 Å². The molecular weight excluding hydrogens is 274 g/mol. The number of rotatable bonds is 4. The van der Waals surface area contributed by atoms with Crippen LogP contribution in [0.15, 0.2) is 18.2 Å². The Hall–Kier alpha value is -1.14. The van der Waals surface area contributed by atoms with Crippen molar-refractivity contribution in [3.8, 4) is 0 Å². The summed E-state index contributed by atoms with van der Waals surface area (Å²) in [4.78, 5) is 0. The molecule has 0 aromatic heterocycles. The van der Waals surface area contributed by atoms with Gasteiger partial charge in [0.2, 0.25) is 0 Å². The average molecular weight is 291 g/mol. The minimum absolute atomic E-state index is 0.0674. The van der Waals surface area contributed by atoms with E-state index in [1.165, 1.54) is 0 Å². The van der Waals surface area contributed by atoms with Crippen molar-refractivity contribution in [3.05, 3.63) is 35.1 Å². The molecule has 0 saturated carbocycles. The monoisotopic (exact) mass is 291 g/mol. The molecule has 1 aromatic rings. The molecule has 2 nitrogen and oxygen atoms in total. The van der Waals surface area contributed by atoms with Crippen LogP contribution in [0.25, 0.3) is 0 Å². The third-order valence-corrected chi connectivity index (χ3v) is 3.45. The van der Waals surface area contributed by atoms with Crippen LogP contribution in [0.4, 0.5) is 17.6 Å². The van der Waals surface area contributed by atoms with Crippen LogP contribution in [0.3, 0.4) is 0 Å². The van der Waals surface area contributed by atoms with Crippen LogP contribution in [-0.4, -0.2) is 19.7 Å². The maximum absolute atomic E-state index is 13.4. The summed E-state index contributed by atoms with van der Waals surface area (Å²) in [7, 11) is 0. The molecule has 0 spiro atoms. The highest BCUT2D eigenvalue weighted by Crippen LogP contribution is 2.37. The summed E-state index contributed by atoms with van der Waals surface area (Å²) in [5.74, 6) is -0.814. The van der Waals surface area contributed by atoms with Gasteiger partial charge in [-0.3, -0.25) is 0 Å². The predicted molar refractivity (Wildman–Crippen MR) is 66.7 cm³/mol. The summed E-state index contributed by atoms with van der Waals surface area (Å²) < 4.78 is 57.1. The Morgan fingerprint density at radius 3 is 2.70 bits per heavy atom. The number of hydrogen-bond acceptors (Lipinski definition) is 2. The van der Waals surface area contributed by atoms with Crippen LogP contribution in [0.5, 0.6) is 0 Å². The van der Waals surface area contributed by atoms with Gasteiger partial charge in [0.15, 0.2) is 0 Å². The predicted octanol–water partition coefficient (Wildman–Crippen LogP) is 3.53. The van der Waals surface area contributed by atoms with E-state index in [4.69, 9.17) is 4.74 Å². The first-order chi connectivity index (χ1) is 9.41. The van der Waals surface area contributed by atoms with Gasteiger partial charge in [0, 0.05) is 19.1 Å². The third kappa shape index (κ3) is 3.49. The molecule has 2 rings (SSSR count). The van der Waals surface area contributed by atoms with E-state index in [9.17, 15) is 17.6 Å². The van der Waals surface area contributed by atoms with E-state index in [0.717, 1.165) is 25.1 Å². The molecule has 1 saturated heterocycles. The van der Waals surface area contributed by atoms with E-state index in [1.54, 1.807) is 0 Å². The Bertz CT molecular complexity index is 461. The number of benzene rings is 1. The summed E-state index contributed by atoms with van der Waals surface area (Å²) in [6, 6.07) is 2.62. The Morgan fingerprint density at radius 2 is 2.05 bits per heavy atom. The molecule has 1 N–H and O–H groups in total. The zero-order valence-electron chi connectivity index (χ0n) is 11.1. The molecule has 6 heteroatoms. The highest BCUT2D eigenvalue weighted by molar-refractivity contribution is 5.29. The van der Waals surface area contributed by atoms with Crippen LogP contribution in [0.1, 0.15) is 30.6 Å². The highest BCUT2D eigenvalue weighted by Gasteiger charge is 2.34. The smallest absolute Gasteiger partial charge is 0.373 e. The van der Waals surface area contributed by atoms with Crippen molar-refractivity contribution in [1.29, 1.82) is 0 Å². The Morgan fingerprint density at radius 1 is 1.30 bits per heavy atom. The maximum Gasteiger partial charge on any atom is 0.416 e. The van der Waals surface area contributed by atoms with Crippen LogP contribution in [-0.2, 0) is 10.9 Å². The van der Waals surface area contributed by atoms with Crippen molar-refractivity contribution in [1.82, 2.24) is 5.32 Å². The summed E-state index contributed by atoms with van der Waals surface area (Å²) >= 11 is 0. The number of halogens is 4. The second kappa shape index (κ2) is 6.10. The van der Waals surface area contributed by atoms with Gasteiger partial charge in [-0.1, -0.05) is 6.92 Å². The van der Waals surface area contributed by atoms with E-state index in [-0.39, 0.29) is 11.5 Å². The van der Waals surface area contributed by atoms with E-state index in [2.05, 4.69) is 5.32 Å². The third-order valence-electron chi connectivity index (χ3n) is 3.45. The Labute approximate surface area is 115 Å². The lowest BCUT2D eigenvalue weighted by molar-refractivity contribution is -0.137. The molecule has 1 fully saturated rings. The zero-order valence-corrected chi connectivity index (χ0v) is 11.1. The summed E-state index contributed by atoms with van der Waals surface area (Å²) in [5, 5.41) is 3.15. The molecule has 20 heavy (non-hydrogen) atoms. The van der Waals surface area contributed by atoms with E-state index in [0.29, 0.717) is 19.2 Å². The molecule has 2 atom stereocenters. The highest BCUT2D eigenvalue weighted by atomic mass is 19.4. The maximum atomic E-state index is 13.4. The molecule has 1 aromatic carbocycles. The molecule has 1 aliphatic heterocycles. The first-order valence-electron chi connectivity index (χ1n) is 6.62. The first kappa shape index (κ1) is 15.3. The second-order valence-corrected chi connectivity index (χ2v) is 4.92. The summed E-state index contributed by atoms with van der Waals surface area (Å²) in [6.45, 7) is 3.87. The SMILES string of the molecule is CCNCC1CCOC1c1cc(F)cc(C(F)(F)F)c1. The fourth-order valence-electron chi connectivity index (χ4n) is 2.48.